The van der Waals surface area contributed by atoms with Gasteiger partial charge in [0.15, 0.2) is 0 Å². The van der Waals surface area contributed by atoms with Crippen molar-refractivity contribution in [3.63, 3.8) is 0 Å². The fourth-order valence-electron chi connectivity index (χ4n) is 0.674. The average molecular weight is 250 g/mol. The summed E-state index contributed by atoms with van der Waals surface area (Å²) < 4.78 is 0.918. The Morgan fingerprint density at radius 2 is 2.30 bits per heavy atom. The van der Waals surface area contributed by atoms with Crippen LogP contribution in [-0.4, -0.2) is 4.98 Å². The van der Waals surface area contributed by atoms with E-state index in [2.05, 4.69) is 27.6 Å². The Labute approximate surface area is 71.8 Å². The molecule has 0 atom stereocenters. The Bertz CT molecular complexity index is 281. The fraction of sp³-hybridized carbons (Fsp3) is 0.167. The van der Waals surface area contributed by atoms with Crippen LogP contribution < -0.4 is 11.3 Å². The van der Waals surface area contributed by atoms with Crippen molar-refractivity contribution in [3.05, 3.63) is 31.8 Å². The first kappa shape index (κ1) is 7.74. The summed E-state index contributed by atoms with van der Waals surface area (Å²) in [5, 5.41) is 0. The molecule has 0 saturated heterocycles. The lowest BCUT2D eigenvalue weighted by molar-refractivity contribution is 0.969. The topological polar surface area (TPSA) is 58.9 Å². The molecule has 0 amide bonds. The van der Waals surface area contributed by atoms with E-state index in [0.29, 0.717) is 6.54 Å². The number of H-pyrrole nitrogens is 1. The van der Waals surface area contributed by atoms with Gasteiger partial charge >= 0.3 is 0 Å². The smallest absolute Gasteiger partial charge is 0.249 e. The fourth-order valence-corrected chi connectivity index (χ4v) is 1.33. The van der Waals surface area contributed by atoms with Gasteiger partial charge in [-0.25, -0.2) is 0 Å². The SMILES string of the molecule is NCc1cc(I)cc(=O)[nH]1. The Kier molecular flexibility index (Phi) is 2.44. The van der Waals surface area contributed by atoms with E-state index >= 15 is 0 Å². The van der Waals surface area contributed by atoms with Crippen LogP contribution in [0, 0.1) is 3.57 Å². The summed E-state index contributed by atoms with van der Waals surface area (Å²) in [4.78, 5) is 13.4. The molecule has 0 aliphatic heterocycles. The molecule has 0 fully saturated rings. The highest BCUT2D eigenvalue weighted by Gasteiger charge is 1.92. The highest BCUT2D eigenvalue weighted by atomic mass is 127. The summed E-state index contributed by atoms with van der Waals surface area (Å²) in [6, 6.07) is 3.38. The highest BCUT2D eigenvalue weighted by Crippen LogP contribution is 2.00. The van der Waals surface area contributed by atoms with Crippen molar-refractivity contribution in [1.82, 2.24) is 4.98 Å². The number of nitrogens with one attached hydrogen (secondary N) is 1. The first-order valence-electron chi connectivity index (χ1n) is 2.81. The number of aromatic nitrogens is 1. The molecule has 0 spiro atoms. The maximum atomic E-state index is 10.8. The molecule has 0 saturated carbocycles. The van der Waals surface area contributed by atoms with Gasteiger partial charge in [-0.2, -0.15) is 0 Å². The van der Waals surface area contributed by atoms with E-state index in [0.717, 1.165) is 9.26 Å². The summed E-state index contributed by atoms with van der Waals surface area (Å²) in [7, 11) is 0. The van der Waals surface area contributed by atoms with Crippen LogP contribution in [0.2, 0.25) is 0 Å². The predicted molar refractivity (Wildman–Crippen MR) is 47.7 cm³/mol. The van der Waals surface area contributed by atoms with Crippen LogP contribution in [0.5, 0.6) is 0 Å². The van der Waals surface area contributed by atoms with Gasteiger partial charge in [0.2, 0.25) is 5.56 Å². The van der Waals surface area contributed by atoms with Crippen molar-refractivity contribution >= 4 is 22.6 Å². The summed E-state index contributed by atoms with van der Waals surface area (Å²) >= 11 is 2.08. The van der Waals surface area contributed by atoms with E-state index in [4.69, 9.17) is 5.73 Å². The zero-order chi connectivity index (χ0) is 7.56. The van der Waals surface area contributed by atoms with Crippen molar-refractivity contribution < 1.29 is 0 Å². The van der Waals surface area contributed by atoms with Crippen LogP contribution in [0.25, 0.3) is 0 Å². The number of hydrogen-bond donors (Lipinski definition) is 2. The molecule has 0 aromatic carbocycles. The van der Waals surface area contributed by atoms with Gasteiger partial charge < -0.3 is 10.7 Å². The third-order valence-corrected chi connectivity index (χ3v) is 1.71. The number of rotatable bonds is 1. The Balaban J connectivity index is 3.19. The minimum absolute atomic E-state index is 0.0904. The predicted octanol–water partition coefficient (Wildman–Crippen LogP) is 0.438. The highest BCUT2D eigenvalue weighted by molar-refractivity contribution is 14.1. The normalized spacial score (nSPS) is 9.80. The van der Waals surface area contributed by atoms with Gasteiger partial charge in [-0.1, -0.05) is 0 Å². The van der Waals surface area contributed by atoms with Crippen LogP contribution in [0.3, 0.4) is 0 Å². The Morgan fingerprint density at radius 1 is 1.60 bits per heavy atom. The molecule has 1 rings (SSSR count). The second kappa shape index (κ2) is 3.16. The molecular weight excluding hydrogens is 243 g/mol. The van der Waals surface area contributed by atoms with Crippen molar-refractivity contribution in [2.24, 2.45) is 5.73 Å². The molecule has 10 heavy (non-hydrogen) atoms. The molecule has 0 aliphatic rings. The van der Waals surface area contributed by atoms with Gasteiger partial charge in [0.25, 0.3) is 0 Å². The molecular formula is C6H7IN2O. The van der Waals surface area contributed by atoms with E-state index < -0.39 is 0 Å². The largest absolute Gasteiger partial charge is 0.325 e. The van der Waals surface area contributed by atoms with Crippen LogP contribution in [-0.2, 0) is 6.54 Å². The standard InChI is InChI=1S/C6H7IN2O/c7-4-1-5(3-8)9-6(10)2-4/h1-2H,3,8H2,(H,9,10). The van der Waals surface area contributed by atoms with E-state index in [1.807, 2.05) is 6.07 Å². The third-order valence-electron chi connectivity index (χ3n) is 1.08. The quantitative estimate of drug-likeness (QED) is 0.710. The number of halogens is 1. The number of nitrogens with two attached hydrogens (primary N) is 1. The van der Waals surface area contributed by atoms with E-state index in [-0.39, 0.29) is 5.56 Å². The number of pyridine rings is 1. The van der Waals surface area contributed by atoms with Gasteiger partial charge in [0.1, 0.15) is 0 Å². The summed E-state index contributed by atoms with van der Waals surface area (Å²) in [5.41, 5.74) is 6.00. The lowest BCUT2D eigenvalue weighted by atomic mass is 10.3. The lowest BCUT2D eigenvalue weighted by Gasteiger charge is -1.94. The van der Waals surface area contributed by atoms with Crippen molar-refractivity contribution in [3.8, 4) is 0 Å². The van der Waals surface area contributed by atoms with E-state index in [9.17, 15) is 4.79 Å². The molecule has 3 N–H and O–H groups in total. The van der Waals surface area contributed by atoms with Gasteiger partial charge in [0, 0.05) is 21.9 Å². The molecule has 1 aromatic heterocycles. The van der Waals surface area contributed by atoms with Gasteiger partial charge in [0.05, 0.1) is 0 Å². The zero-order valence-electron chi connectivity index (χ0n) is 5.23. The van der Waals surface area contributed by atoms with Gasteiger partial charge in [-0.3, -0.25) is 4.79 Å². The molecule has 1 aromatic rings. The zero-order valence-corrected chi connectivity index (χ0v) is 7.38. The molecule has 0 unspecified atom stereocenters. The maximum Gasteiger partial charge on any atom is 0.249 e. The molecule has 4 heteroatoms. The summed E-state index contributed by atoms with van der Waals surface area (Å²) in [6.07, 6.45) is 0. The molecule has 0 radical (unpaired) electrons. The monoisotopic (exact) mass is 250 g/mol. The molecule has 54 valence electrons. The van der Waals surface area contributed by atoms with Crippen LogP contribution in [0.4, 0.5) is 0 Å². The maximum absolute atomic E-state index is 10.8. The van der Waals surface area contributed by atoms with Crippen LogP contribution in [0.1, 0.15) is 5.69 Å². The minimum Gasteiger partial charge on any atom is -0.325 e. The van der Waals surface area contributed by atoms with Crippen LogP contribution in [0.15, 0.2) is 16.9 Å². The second-order valence-corrected chi connectivity index (χ2v) is 3.14. The second-order valence-electron chi connectivity index (χ2n) is 1.89. The Morgan fingerprint density at radius 3 is 2.80 bits per heavy atom. The molecule has 1 heterocycles. The van der Waals surface area contributed by atoms with Gasteiger partial charge in [-0.15, -0.1) is 0 Å². The van der Waals surface area contributed by atoms with Crippen molar-refractivity contribution in [1.29, 1.82) is 0 Å². The number of aromatic amines is 1. The first-order valence-corrected chi connectivity index (χ1v) is 3.89. The Hall–Kier alpha value is -0.360. The molecule has 0 bridgehead atoms. The van der Waals surface area contributed by atoms with E-state index in [1.165, 1.54) is 6.07 Å². The summed E-state index contributed by atoms with van der Waals surface area (Å²) in [5.74, 6) is 0. The lowest BCUT2D eigenvalue weighted by Crippen LogP contribution is -2.10. The first-order chi connectivity index (χ1) is 4.72. The van der Waals surface area contributed by atoms with Crippen molar-refractivity contribution in [2.45, 2.75) is 6.54 Å². The minimum atomic E-state index is -0.0904. The molecule has 3 nitrogen and oxygen atoms in total. The summed E-state index contributed by atoms with van der Waals surface area (Å²) in [6.45, 7) is 0.381. The van der Waals surface area contributed by atoms with Crippen LogP contribution >= 0.6 is 22.6 Å². The number of hydrogen-bond acceptors (Lipinski definition) is 2. The third kappa shape index (κ3) is 1.81. The average Bonchev–Trinajstić information content (AvgIpc) is 1.85. The van der Waals surface area contributed by atoms with E-state index in [1.54, 1.807) is 0 Å². The van der Waals surface area contributed by atoms with Crippen molar-refractivity contribution in [2.75, 3.05) is 0 Å². The molecule has 0 aliphatic carbocycles. The van der Waals surface area contributed by atoms with Gasteiger partial charge in [-0.05, 0) is 28.7 Å².